The van der Waals surface area contributed by atoms with Gasteiger partial charge in [-0.3, -0.25) is 4.99 Å². The van der Waals surface area contributed by atoms with Gasteiger partial charge in [0, 0.05) is 24.0 Å². The summed E-state index contributed by atoms with van der Waals surface area (Å²) in [6.45, 7) is 9.92. The average molecular weight is 336 g/mol. The Hall–Kier alpha value is -2.42. The number of fused-ring (bicyclic) bond motifs is 1. The fourth-order valence-electron chi connectivity index (χ4n) is 3.52. The van der Waals surface area contributed by atoms with Crippen molar-refractivity contribution < 1.29 is 4.39 Å². The van der Waals surface area contributed by atoms with Gasteiger partial charge in [0.05, 0.1) is 11.2 Å². The van der Waals surface area contributed by atoms with Gasteiger partial charge in [0.2, 0.25) is 0 Å². The fourth-order valence-corrected chi connectivity index (χ4v) is 3.52. The van der Waals surface area contributed by atoms with Gasteiger partial charge >= 0.3 is 0 Å². The third-order valence-electron chi connectivity index (χ3n) is 4.62. The number of hydrogen-bond donors (Lipinski definition) is 0. The van der Waals surface area contributed by atoms with Gasteiger partial charge in [0.15, 0.2) is 0 Å². The lowest BCUT2D eigenvalue weighted by Crippen LogP contribution is -2.45. The summed E-state index contributed by atoms with van der Waals surface area (Å²) in [5.74, 6) is -0.267. The van der Waals surface area contributed by atoms with Gasteiger partial charge < -0.3 is 4.90 Å². The molecule has 0 saturated carbocycles. The largest absolute Gasteiger partial charge is 0.362 e. The number of nitrogens with zero attached hydrogens (tertiary/aromatic N) is 2. The lowest BCUT2D eigenvalue weighted by molar-refractivity contribution is 0.550. The molecule has 0 aromatic heterocycles. The summed E-state index contributed by atoms with van der Waals surface area (Å²) in [7, 11) is 0. The summed E-state index contributed by atoms with van der Waals surface area (Å²) in [5.41, 5.74) is 5.47. The first-order chi connectivity index (χ1) is 11.9. The maximum absolute atomic E-state index is 13.3. The van der Waals surface area contributed by atoms with Crippen molar-refractivity contribution in [2.75, 3.05) is 11.4 Å². The molecule has 0 unspecified atom stereocenters. The van der Waals surface area contributed by atoms with Crippen LogP contribution < -0.4 is 4.90 Å². The summed E-state index contributed by atoms with van der Waals surface area (Å²) in [6.07, 6.45) is 5.24. The van der Waals surface area contributed by atoms with E-state index in [-0.39, 0.29) is 11.4 Å². The number of allylic oxidation sites excluding steroid dienone is 1. The van der Waals surface area contributed by atoms with Crippen LogP contribution in [0.15, 0.2) is 53.5 Å². The minimum Gasteiger partial charge on any atom is -0.362 e. The van der Waals surface area contributed by atoms with E-state index in [4.69, 9.17) is 0 Å². The van der Waals surface area contributed by atoms with Gasteiger partial charge in [-0.25, -0.2) is 4.39 Å². The number of rotatable bonds is 4. The lowest BCUT2D eigenvalue weighted by Gasteiger charge is -2.43. The van der Waals surface area contributed by atoms with Gasteiger partial charge in [-0.2, -0.15) is 0 Å². The van der Waals surface area contributed by atoms with E-state index < -0.39 is 0 Å². The Kier molecular flexibility index (Phi) is 4.76. The first-order valence-corrected chi connectivity index (χ1v) is 8.82. The van der Waals surface area contributed by atoms with Gasteiger partial charge in [-0.05, 0) is 68.7 Å². The molecule has 0 amide bonds. The zero-order chi connectivity index (χ0) is 18.0. The van der Waals surface area contributed by atoms with Crippen LogP contribution in [-0.4, -0.2) is 18.3 Å². The first kappa shape index (κ1) is 17.4. The Morgan fingerprint density at radius 3 is 2.68 bits per heavy atom. The molecule has 1 heterocycles. The highest BCUT2D eigenvalue weighted by molar-refractivity contribution is 5.88. The molecule has 25 heavy (non-hydrogen) atoms. The van der Waals surface area contributed by atoms with Crippen molar-refractivity contribution in [2.24, 2.45) is 4.99 Å². The molecule has 1 aliphatic heterocycles. The van der Waals surface area contributed by atoms with Crippen molar-refractivity contribution in [3.8, 4) is 0 Å². The number of hydrogen-bond acceptors (Lipinski definition) is 2. The third kappa shape index (κ3) is 3.65. The van der Waals surface area contributed by atoms with Crippen molar-refractivity contribution in [1.29, 1.82) is 0 Å². The van der Waals surface area contributed by atoms with E-state index in [0.29, 0.717) is 5.69 Å². The zero-order valence-electron chi connectivity index (χ0n) is 15.4. The highest BCUT2D eigenvalue weighted by Gasteiger charge is 2.30. The Morgan fingerprint density at radius 1 is 1.16 bits per heavy atom. The van der Waals surface area contributed by atoms with Crippen LogP contribution in [0.2, 0.25) is 0 Å². The molecule has 2 aromatic rings. The molecule has 3 rings (SSSR count). The fraction of sp³-hybridized carbons (Fsp3) is 0.318. The van der Waals surface area contributed by atoms with Crippen LogP contribution in [0.1, 0.15) is 45.2 Å². The standard InChI is InChI=1S/C22H25FN2/c1-5-11-25-21-10-9-17(12-20(21)16(2)14-22(25,3)4)15-24-19-8-6-7-18(23)13-19/h6-10,12-15H,5,11H2,1-4H3. The molecule has 0 aliphatic carbocycles. The van der Waals surface area contributed by atoms with Gasteiger partial charge in [-0.1, -0.05) is 25.1 Å². The summed E-state index contributed by atoms with van der Waals surface area (Å²) in [4.78, 5) is 6.86. The molecule has 0 spiro atoms. The van der Waals surface area contributed by atoms with Crippen molar-refractivity contribution in [3.63, 3.8) is 0 Å². The van der Waals surface area contributed by atoms with E-state index in [2.05, 4.69) is 61.9 Å². The molecule has 130 valence electrons. The van der Waals surface area contributed by atoms with Crippen LogP contribution in [0.3, 0.4) is 0 Å². The Balaban J connectivity index is 1.95. The predicted octanol–water partition coefficient (Wildman–Crippen LogP) is 5.99. The van der Waals surface area contributed by atoms with Crippen LogP contribution in [0.5, 0.6) is 0 Å². The topological polar surface area (TPSA) is 15.6 Å². The molecule has 0 atom stereocenters. The quantitative estimate of drug-likeness (QED) is 0.626. The smallest absolute Gasteiger partial charge is 0.125 e. The van der Waals surface area contributed by atoms with Crippen LogP contribution in [-0.2, 0) is 0 Å². The minimum atomic E-state index is -0.267. The molecular formula is C22H25FN2. The van der Waals surface area contributed by atoms with E-state index in [1.54, 1.807) is 18.3 Å². The molecule has 1 aliphatic rings. The van der Waals surface area contributed by atoms with E-state index in [9.17, 15) is 4.39 Å². The number of halogens is 1. The molecular weight excluding hydrogens is 311 g/mol. The number of anilines is 1. The molecule has 0 saturated heterocycles. The van der Waals surface area contributed by atoms with Crippen LogP contribution in [0.25, 0.3) is 5.57 Å². The first-order valence-electron chi connectivity index (χ1n) is 8.82. The monoisotopic (exact) mass is 336 g/mol. The summed E-state index contributed by atoms with van der Waals surface area (Å²) >= 11 is 0. The van der Waals surface area contributed by atoms with Crippen LogP contribution in [0, 0.1) is 5.82 Å². The van der Waals surface area contributed by atoms with E-state index in [1.165, 1.54) is 29.0 Å². The minimum absolute atomic E-state index is 0.0181. The number of benzene rings is 2. The molecule has 0 N–H and O–H groups in total. The SMILES string of the molecule is CCCN1c2ccc(C=Nc3cccc(F)c3)cc2C(C)=CC1(C)C. The molecule has 0 radical (unpaired) electrons. The van der Waals surface area contributed by atoms with Gasteiger partial charge in [0.25, 0.3) is 0 Å². The van der Waals surface area contributed by atoms with E-state index >= 15 is 0 Å². The summed E-state index contributed by atoms with van der Waals surface area (Å²) < 4.78 is 13.3. The predicted molar refractivity (Wildman–Crippen MR) is 105 cm³/mol. The summed E-state index contributed by atoms with van der Waals surface area (Å²) in [5, 5.41) is 0. The second kappa shape index (κ2) is 6.83. The van der Waals surface area contributed by atoms with Crippen molar-refractivity contribution >= 4 is 23.2 Å². The Bertz CT molecular complexity index is 834. The normalized spacial score (nSPS) is 16.0. The molecule has 0 bridgehead atoms. The van der Waals surface area contributed by atoms with Crippen molar-refractivity contribution in [2.45, 2.75) is 39.7 Å². The molecule has 2 aromatic carbocycles. The zero-order valence-corrected chi connectivity index (χ0v) is 15.4. The Labute approximate surface area is 149 Å². The number of aliphatic imine (C=N–C) groups is 1. The molecule has 3 heteroatoms. The van der Waals surface area contributed by atoms with Crippen molar-refractivity contribution in [3.05, 3.63) is 65.5 Å². The van der Waals surface area contributed by atoms with Crippen LogP contribution >= 0.6 is 0 Å². The maximum Gasteiger partial charge on any atom is 0.125 e. The highest BCUT2D eigenvalue weighted by atomic mass is 19.1. The highest BCUT2D eigenvalue weighted by Crippen LogP contribution is 2.39. The van der Waals surface area contributed by atoms with Crippen molar-refractivity contribution in [1.82, 2.24) is 0 Å². The Morgan fingerprint density at radius 2 is 1.96 bits per heavy atom. The van der Waals surface area contributed by atoms with Gasteiger partial charge in [-0.15, -0.1) is 0 Å². The maximum atomic E-state index is 13.3. The second-order valence-electron chi connectivity index (χ2n) is 7.15. The third-order valence-corrected chi connectivity index (χ3v) is 4.62. The average Bonchev–Trinajstić information content (AvgIpc) is 2.56. The lowest BCUT2D eigenvalue weighted by atomic mass is 9.88. The van der Waals surface area contributed by atoms with Crippen LogP contribution in [0.4, 0.5) is 15.8 Å². The second-order valence-corrected chi connectivity index (χ2v) is 7.15. The summed E-state index contributed by atoms with van der Waals surface area (Å²) in [6, 6.07) is 12.8. The van der Waals surface area contributed by atoms with E-state index in [0.717, 1.165) is 18.5 Å². The molecule has 2 nitrogen and oxygen atoms in total. The van der Waals surface area contributed by atoms with E-state index in [1.807, 2.05) is 0 Å². The van der Waals surface area contributed by atoms with Gasteiger partial charge in [0.1, 0.15) is 5.82 Å². The molecule has 0 fully saturated rings.